The normalized spacial score (nSPS) is 12.7. The minimum Gasteiger partial charge on any atom is -0.349 e. The van der Waals surface area contributed by atoms with Crippen molar-refractivity contribution in [1.29, 1.82) is 0 Å². The Hall–Kier alpha value is -1.20. The molecule has 0 saturated carbocycles. The Morgan fingerprint density at radius 3 is 2.70 bits per heavy atom. The van der Waals surface area contributed by atoms with Crippen LogP contribution >= 0.6 is 15.9 Å². The summed E-state index contributed by atoms with van der Waals surface area (Å²) in [6.07, 6.45) is 4.72. The van der Waals surface area contributed by atoms with Gasteiger partial charge in [0.25, 0.3) is 0 Å². The minimum atomic E-state index is -0.541. The number of benzene rings is 1. The maximum absolute atomic E-state index is 13.9. The van der Waals surface area contributed by atoms with Gasteiger partial charge in [-0.15, -0.1) is 0 Å². The molecule has 1 aromatic carbocycles. The van der Waals surface area contributed by atoms with Crippen LogP contribution in [0.2, 0.25) is 0 Å². The van der Waals surface area contributed by atoms with E-state index in [0.717, 1.165) is 12.0 Å². The van der Waals surface area contributed by atoms with Gasteiger partial charge in [-0.1, -0.05) is 6.92 Å². The van der Waals surface area contributed by atoms with E-state index in [0.29, 0.717) is 0 Å². The summed E-state index contributed by atoms with van der Waals surface area (Å²) >= 11 is 3.08. The van der Waals surface area contributed by atoms with Crippen molar-refractivity contribution in [2.24, 2.45) is 0 Å². The lowest BCUT2D eigenvalue weighted by molar-refractivity contribution is 0.539. The third-order valence-electron chi connectivity index (χ3n) is 3.41. The van der Waals surface area contributed by atoms with Crippen LogP contribution in [0.5, 0.6) is 0 Å². The molecular weight excluding hydrogens is 326 g/mol. The van der Waals surface area contributed by atoms with Crippen molar-refractivity contribution in [3.63, 3.8) is 0 Å². The van der Waals surface area contributed by atoms with Crippen molar-refractivity contribution in [2.75, 3.05) is 7.05 Å². The Morgan fingerprint density at radius 2 is 2.05 bits per heavy atom. The molecule has 108 valence electrons. The van der Waals surface area contributed by atoms with Gasteiger partial charge in [-0.3, -0.25) is 0 Å². The van der Waals surface area contributed by atoms with E-state index >= 15 is 0 Å². The standard InChI is InChI=1S/C15H17BrF2N2/c1-3-14(19-2)10-6-7-20(8-10)9-11-13(17)5-4-12(16)15(11)18/h4-8,14,19H,3,9H2,1-2H3. The van der Waals surface area contributed by atoms with E-state index in [-0.39, 0.29) is 22.6 Å². The Kier molecular flexibility index (Phi) is 4.94. The van der Waals surface area contributed by atoms with Crippen molar-refractivity contribution >= 4 is 15.9 Å². The molecule has 0 amide bonds. The molecule has 0 bridgehead atoms. The molecule has 0 aliphatic carbocycles. The molecule has 1 N–H and O–H groups in total. The molecule has 1 unspecified atom stereocenters. The molecule has 5 heteroatoms. The number of hydrogen-bond acceptors (Lipinski definition) is 1. The average Bonchev–Trinajstić information content (AvgIpc) is 2.89. The minimum absolute atomic E-state index is 0.0685. The quantitative estimate of drug-likeness (QED) is 0.804. The summed E-state index contributed by atoms with van der Waals surface area (Å²) in [5, 5.41) is 3.21. The van der Waals surface area contributed by atoms with Crippen LogP contribution in [0, 0.1) is 11.6 Å². The van der Waals surface area contributed by atoms with Gasteiger partial charge in [0.15, 0.2) is 0 Å². The monoisotopic (exact) mass is 342 g/mol. The van der Waals surface area contributed by atoms with Crippen molar-refractivity contribution in [1.82, 2.24) is 9.88 Å². The van der Waals surface area contributed by atoms with Gasteiger partial charge < -0.3 is 9.88 Å². The highest BCUT2D eigenvalue weighted by atomic mass is 79.9. The van der Waals surface area contributed by atoms with E-state index in [1.165, 1.54) is 12.1 Å². The molecule has 0 aliphatic heterocycles. The molecule has 1 atom stereocenters. The lowest BCUT2D eigenvalue weighted by atomic mass is 10.1. The van der Waals surface area contributed by atoms with Crippen LogP contribution in [0.25, 0.3) is 0 Å². The van der Waals surface area contributed by atoms with Crippen LogP contribution in [0.15, 0.2) is 35.1 Å². The molecule has 0 saturated heterocycles. The smallest absolute Gasteiger partial charge is 0.145 e. The summed E-state index contributed by atoms with van der Waals surface area (Å²) in [6, 6.07) is 4.88. The van der Waals surface area contributed by atoms with Gasteiger partial charge in [0.05, 0.1) is 11.0 Å². The number of nitrogens with zero attached hydrogens (tertiary/aromatic N) is 1. The van der Waals surface area contributed by atoms with Crippen molar-refractivity contribution in [3.8, 4) is 0 Å². The predicted octanol–water partition coefficient (Wildman–Crippen LogP) is 4.25. The van der Waals surface area contributed by atoms with E-state index in [2.05, 4.69) is 28.2 Å². The first kappa shape index (κ1) is 15.2. The molecule has 0 fully saturated rings. The maximum atomic E-state index is 13.9. The highest BCUT2D eigenvalue weighted by Crippen LogP contribution is 2.23. The molecule has 2 aromatic rings. The van der Waals surface area contributed by atoms with Crippen molar-refractivity contribution in [3.05, 3.63) is 57.8 Å². The average molecular weight is 343 g/mol. The fraction of sp³-hybridized carbons (Fsp3) is 0.333. The fourth-order valence-electron chi connectivity index (χ4n) is 2.27. The molecule has 1 heterocycles. The molecule has 2 rings (SSSR count). The van der Waals surface area contributed by atoms with E-state index in [1.807, 2.05) is 25.5 Å². The fourth-order valence-corrected chi connectivity index (χ4v) is 2.64. The van der Waals surface area contributed by atoms with Crippen molar-refractivity contribution in [2.45, 2.75) is 25.9 Å². The molecule has 0 spiro atoms. The van der Waals surface area contributed by atoms with Gasteiger partial charge in [0.2, 0.25) is 0 Å². The second-order valence-corrected chi connectivity index (χ2v) is 5.54. The topological polar surface area (TPSA) is 17.0 Å². The number of halogens is 3. The zero-order chi connectivity index (χ0) is 14.7. The van der Waals surface area contributed by atoms with Crippen LogP contribution in [0.3, 0.4) is 0 Å². The first-order valence-corrected chi connectivity index (χ1v) is 7.31. The van der Waals surface area contributed by atoms with E-state index in [1.54, 1.807) is 4.57 Å². The third-order valence-corrected chi connectivity index (χ3v) is 4.02. The third kappa shape index (κ3) is 3.10. The summed E-state index contributed by atoms with van der Waals surface area (Å²) in [6.45, 7) is 2.27. The Labute approximate surface area is 125 Å². The first-order valence-electron chi connectivity index (χ1n) is 6.52. The lowest BCUT2D eigenvalue weighted by Crippen LogP contribution is -2.14. The van der Waals surface area contributed by atoms with Gasteiger partial charge in [-0.25, -0.2) is 8.78 Å². The van der Waals surface area contributed by atoms with Gasteiger partial charge in [0, 0.05) is 24.0 Å². The largest absolute Gasteiger partial charge is 0.349 e. The van der Waals surface area contributed by atoms with Crippen LogP contribution in [-0.2, 0) is 6.54 Å². The van der Waals surface area contributed by atoms with Crippen LogP contribution in [-0.4, -0.2) is 11.6 Å². The highest BCUT2D eigenvalue weighted by molar-refractivity contribution is 9.10. The van der Waals surface area contributed by atoms with E-state index in [4.69, 9.17) is 0 Å². The van der Waals surface area contributed by atoms with Crippen molar-refractivity contribution < 1.29 is 8.78 Å². The number of nitrogens with one attached hydrogen (secondary N) is 1. The lowest BCUT2D eigenvalue weighted by Gasteiger charge is -2.12. The van der Waals surface area contributed by atoms with Gasteiger partial charge >= 0.3 is 0 Å². The first-order chi connectivity index (χ1) is 9.56. The van der Waals surface area contributed by atoms with Gasteiger partial charge in [0.1, 0.15) is 11.6 Å². The van der Waals surface area contributed by atoms with E-state index in [9.17, 15) is 8.78 Å². The summed E-state index contributed by atoms with van der Waals surface area (Å²) in [5.74, 6) is -1.07. The zero-order valence-electron chi connectivity index (χ0n) is 11.5. The summed E-state index contributed by atoms with van der Waals surface area (Å²) < 4.78 is 29.7. The number of rotatable bonds is 5. The van der Waals surface area contributed by atoms with Gasteiger partial charge in [-0.05, 0) is 53.2 Å². The van der Waals surface area contributed by atoms with Gasteiger partial charge in [-0.2, -0.15) is 0 Å². The SMILES string of the molecule is CCC(NC)c1ccn(Cc2c(F)ccc(Br)c2F)c1. The second kappa shape index (κ2) is 6.50. The number of hydrogen-bond donors (Lipinski definition) is 1. The molecule has 0 aliphatic rings. The Balaban J connectivity index is 2.25. The Bertz CT molecular complexity index is 592. The molecule has 20 heavy (non-hydrogen) atoms. The summed E-state index contributed by atoms with van der Waals surface area (Å²) in [4.78, 5) is 0. The van der Waals surface area contributed by atoms with E-state index < -0.39 is 11.6 Å². The Morgan fingerprint density at radius 1 is 1.30 bits per heavy atom. The number of aromatic nitrogens is 1. The maximum Gasteiger partial charge on any atom is 0.145 e. The van der Waals surface area contributed by atoms with Crippen LogP contribution in [0.4, 0.5) is 8.78 Å². The van der Waals surface area contributed by atoms with Crippen LogP contribution in [0.1, 0.15) is 30.5 Å². The predicted molar refractivity (Wildman–Crippen MR) is 79.7 cm³/mol. The molecule has 2 nitrogen and oxygen atoms in total. The van der Waals surface area contributed by atoms with Crippen LogP contribution < -0.4 is 5.32 Å². The summed E-state index contributed by atoms with van der Waals surface area (Å²) in [5.41, 5.74) is 1.19. The summed E-state index contributed by atoms with van der Waals surface area (Å²) in [7, 11) is 1.90. The molecule has 1 aromatic heterocycles. The zero-order valence-corrected chi connectivity index (χ0v) is 13.0. The second-order valence-electron chi connectivity index (χ2n) is 4.69. The molecule has 0 radical (unpaired) electrons. The molecular formula is C15H17BrF2N2. The highest BCUT2D eigenvalue weighted by Gasteiger charge is 2.14.